The van der Waals surface area contributed by atoms with Crippen molar-refractivity contribution in [1.29, 1.82) is 0 Å². The topological polar surface area (TPSA) is 12.0 Å². The molecule has 2 heteroatoms. The normalized spacial score (nSPS) is 14.0. The van der Waals surface area contributed by atoms with Gasteiger partial charge in [-0.05, 0) is 42.6 Å². The van der Waals surface area contributed by atoms with Crippen LogP contribution in [0.3, 0.4) is 0 Å². The molecule has 0 aliphatic rings. The van der Waals surface area contributed by atoms with E-state index in [-0.39, 0.29) is 5.41 Å². The summed E-state index contributed by atoms with van der Waals surface area (Å²) in [6.45, 7) is 8.75. The summed E-state index contributed by atoms with van der Waals surface area (Å²) >= 11 is 6.07. The first-order valence-corrected chi connectivity index (χ1v) is 5.67. The van der Waals surface area contributed by atoms with E-state index in [0.29, 0.717) is 6.04 Å². The lowest BCUT2D eigenvalue weighted by molar-refractivity contribution is 0.287. The van der Waals surface area contributed by atoms with Gasteiger partial charge in [-0.2, -0.15) is 0 Å². The van der Waals surface area contributed by atoms with Gasteiger partial charge in [-0.3, -0.25) is 0 Å². The number of nitrogens with one attached hydrogen (secondary N) is 1. The van der Waals surface area contributed by atoms with E-state index in [1.807, 2.05) is 19.2 Å². The predicted octanol–water partition coefficient (Wildman–Crippen LogP) is 3.96. The first-order valence-electron chi connectivity index (χ1n) is 5.29. The Bertz CT molecular complexity index is 319. The van der Waals surface area contributed by atoms with Gasteiger partial charge < -0.3 is 5.32 Å². The van der Waals surface area contributed by atoms with E-state index in [1.54, 1.807) is 0 Å². The fourth-order valence-electron chi connectivity index (χ4n) is 2.03. The maximum atomic E-state index is 6.07. The molecule has 0 radical (unpaired) electrons. The van der Waals surface area contributed by atoms with E-state index in [4.69, 9.17) is 11.6 Å². The van der Waals surface area contributed by atoms with Crippen molar-refractivity contribution in [2.75, 3.05) is 7.05 Å². The zero-order chi connectivity index (χ0) is 11.6. The van der Waals surface area contributed by atoms with Gasteiger partial charge in [0, 0.05) is 11.1 Å². The second-order valence-electron chi connectivity index (χ2n) is 5.15. The van der Waals surface area contributed by atoms with Crippen LogP contribution in [0.25, 0.3) is 0 Å². The molecule has 0 saturated carbocycles. The molecule has 0 heterocycles. The fourth-order valence-corrected chi connectivity index (χ4v) is 2.33. The summed E-state index contributed by atoms with van der Waals surface area (Å²) in [6, 6.07) is 6.55. The summed E-state index contributed by atoms with van der Waals surface area (Å²) in [5, 5.41) is 4.17. The molecule has 1 aromatic rings. The largest absolute Gasteiger partial charge is 0.313 e. The highest BCUT2D eigenvalue weighted by molar-refractivity contribution is 6.30. The molecule has 1 nitrogen and oxygen atoms in total. The molecule has 0 bridgehead atoms. The van der Waals surface area contributed by atoms with Crippen molar-refractivity contribution in [2.45, 2.75) is 33.7 Å². The highest BCUT2D eigenvalue weighted by Crippen LogP contribution is 2.33. The van der Waals surface area contributed by atoms with Crippen LogP contribution in [0.2, 0.25) is 5.02 Å². The standard InChI is InChI=1S/C13H20ClN/c1-9-6-10(8-11(14)7-9)12(15-5)13(2,3)4/h6-8,12,15H,1-5H3. The lowest BCUT2D eigenvalue weighted by atomic mass is 9.82. The first kappa shape index (κ1) is 12.5. The van der Waals surface area contributed by atoms with Gasteiger partial charge in [0.25, 0.3) is 0 Å². The van der Waals surface area contributed by atoms with Gasteiger partial charge in [-0.1, -0.05) is 38.4 Å². The van der Waals surface area contributed by atoms with Gasteiger partial charge in [-0.15, -0.1) is 0 Å². The molecule has 1 aromatic carbocycles. The number of aryl methyl sites for hydroxylation is 1. The molecule has 0 aliphatic heterocycles. The van der Waals surface area contributed by atoms with Gasteiger partial charge in [-0.25, -0.2) is 0 Å². The second-order valence-corrected chi connectivity index (χ2v) is 5.59. The van der Waals surface area contributed by atoms with Crippen LogP contribution in [0, 0.1) is 12.3 Å². The summed E-state index contributed by atoms with van der Waals surface area (Å²) < 4.78 is 0. The van der Waals surface area contributed by atoms with Crippen molar-refractivity contribution in [1.82, 2.24) is 5.32 Å². The van der Waals surface area contributed by atoms with Crippen molar-refractivity contribution in [2.24, 2.45) is 5.41 Å². The van der Waals surface area contributed by atoms with Crippen molar-refractivity contribution in [3.05, 3.63) is 34.3 Å². The van der Waals surface area contributed by atoms with Crippen molar-refractivity contribution >= 4 is 11.6 Å². The SMILES string of the molecule is CNC(c1cc(C)cc(Cl)c1)C(C)(C)C. The van der Waals surface area contributed by atoms with E-state index in [9.17, 15) is 0 Å². The van der Waals surface area contributed by atoms with Crippen LogP contribution in [0.4, 0.5) is 0 Å². The lowest BCUT2D eigenvalue weighted by Crippen LogP contribution is -2.29. The van der Waals surface area contributed by atoms with Crippen LogP contribution in [0.5, 0.6) is 0 Å². The average molecular weight is 226 g/mol. The van der Waals surface area contributed by atoms with E-state index >= 15 is 0 Å². The molecule has 0 saturated heterocycles. The second kappa shape index (κ2) is 4.54. The minimum Gasteiger partial charge on any atom is -0.313 e. The Balaban J connectivity index is 3.13. The monoisotopic (exact) mass is 225 g/mol. The molecular weight excluding hydrogens is 206 g/mol. The summed E-state index contributed by atoms with van der Waals surface area (Å²) in [4.78, 5) is 0. The van der Waals surface area contributed by atoms with Gasteiger partial charge in [0.2, 0.25) is 0 Å². The van der Waals surface area contributed by atoms with Crippen molar-refractivity contribution in [3.8, 4) is 0 Å². The van der Waals surface area contributed by atoms with Crippen LogP contribution in [-0.4, -0.2) is 7.05 Å². The highest BCUT2D eigenvalue weighted by Gasteiger charge is 2.24. The van der Waals surface area contributed by atoms with Gasteiger partial charge in [0.05, 0.1) is 0 Å². The minimum absolute atomic E-state index is 0.186. The van der Waals surface area contributed by atoms with Crippen LogP contribution in [0.15, 0.2) is 18.2 Å². The molecular formula is C13H20ClN. The molecule has 0 spiro atoms. The Kier molecular flexibility index (Phi) is 3.80. The van der Waals surface area contributed by atoms with E-state index in [1.165, 1.54) is 11.1 Å². The predicted molar refractivity (Wildman–Crippen MR) is 67.4 cm³/mol. The Hall–Kier alpha value is -0.530. The Morgan fingerprint density at radius 1 is 1.20 bits per heavy atom. The van der Waals surface area contributed by atoms with Crippen LogP contribution >= 0.6 is 11.6 Å². The molecule has 0 amide bonds. The third-order valence-corrected chi connectivity index (χ3v) is 2.77. The zero-order valence-electron chi connectivity index (χ0n) is 10.2. The average Bonchev–Trinajstić information content (AvgIpc) is 1.99. The highest BCUT2D eigenvalue weighted by atomic mass is 35.5. The van der Waals surface area contributed by atoms with E-state index in [2.05, 4.69) is 39.1 Å². The Morgan fingerprint density at radius 3 is 2.20 bits per heavy atom. The molecule has 0 fully saturated rings. The molecule has 1 N–H and O–H groups in total. The van der Waals surface area contributed by atoms with Crippen molar-refractivity contribution in [3.63, 3.8) is 0 Å². The third-order valence-electron chi connectivity index (χ3n) is 2.55. The van der Waals surface area contributed by atoms with Crippen molar-refractivity contribution < 1.29 is 0 Å². The summed E-state index contributed by atoms with van der Waals surface area (Å²) in [7, 11) is 1.99. The molecule has 1 rings (SSSR count). The van der Waals surface area contributed by atoms with E-state index in [0.717, 1.165) is 5.02 Å². The smallest absolute Gasteiger partial charge is 0.0411 e. The zero-order valence-corrected chi connectivity index (χ0v) is 10.9. The summed E-state index contributed by atoms with van der Waals surface area (Å²) in [5.74, 6) is 0. The molecule has 1 atom stereocenters. The van der Waals surface area contributed by atoms with Gasteiger partial charge >= 0.3 is 0 Å². The maximum absolute atomic E-state index is 6.07. The molecule has 0 aromatic heterocycles. The van der Waals surface area contributed by atoms with Crippen LogP contribution in [-0.2, 0) is 0 Å². The molecule has 0 aliphatic carbocycles. The first-order chi connectivity index (χ1) is 6.84. The number of rotatable bonds is 2. The third kappa shape index (κ3) is 3.22. The number of hydrogen-bond donors (Lipinski definition) is 1. The van der Waals surface area contributed by atoms with Gasteiger partial charge in [0.15, 0.2) is 0 Å². The van der Waals surface area contributed by atoms with Crippen LogP contribution < -0.4 is 5.32 Å². The molecule has 1 unspecified atom stereocenters. The summed E-state index contributed by atoms with van der Waals surface area (Å²) in [5.41, 5.74) is 2.66. The van der Waals surface area contributed by atoms with E-state index < -0.39 is 0 Å². The number of halogens is 1. The Morgan fingerprint density at radius 2 is 1.80 bits per heavy atom. The lowest BCUT2D eigenvalue weighted by Gasteiger charge is -2.31. The minimum atomic E-state index is 0.186. The van der Waals surface area contributed by atoms with Gasteiger partial charge in [0.1, 0.15) is 0 Å². The molecule has 84 valence electrons. The number of benzene rings is 1. The van der Waals surface area contributed by atoms with Crippen LogP contribution in [0.1, 0.15) is 37.9 Å². The maximum Gasteiger partial charge on any atom is 0.0411 e. The fraction of sp³-hybridized carbons (Fsp3) is 0.538. The Labute approximate surface area is 97.8 Å². The quantitative estimate of drug-likeness (QED) is 0.804. The summed E-state index contributed by atoms with van der Waals surface area (Å²) in [6.07, 6.45) is 0. The number of hydrogen-bond acceptors (Lipinski definition) is 1. The molecule has 15 heavy (non-hydrogen) atoms.